The molecule has 0 N–H and O–H groups in total. The van der Waals surface area contributed by atoms with Crippen LogP contribution < -0.4 is 0 Å². The highest BCUT2D eigenvalue weighted by atomic mass is 16.2. The van der Waals surface area contributed by atoms with Crippen molar-refractivity contribution in [3.63, 3.8) is 0 Å². The quantitative estimate of drug-likeness (QED) is 0.809. The summed E-state index contributed by atoms with van der Waals surface area (Å²) in [5.74, 6) is 0. The Bertz CT molecular complexity index is 751. The lowest BCUT2D eigenvalue weighted by atomic mass is 9.97. The van der Waals surface area contributed by atoms with Crippen molar-refractivity contribution in [2.75, 3.05) is 7.05 Å². The molecule has 2 saturated heterocycles. The first-order valence-electron chi connectivity index (χ1n) is 8.34. The third-order valence-corrected chi connectivity index (χ3v) is 6.07. The lowest BCUT2D eigenvalue weighted by Crippen LogP contribution is -2.49. The third-order valence-electron chi connectivity index (χ3n) is 6.07. The van der Waals surface area contributed by atoms with Crippen molar-refractivity contribution in [1.29, 1.82) is 0 Å². The van der Waals surface area contributed by atoms with E-state index < -0.39 is 0 Å². The standard InChI is InChI=1S/C18H21N3O/c1-19-13-6-7-14(19)10-15(9-13)20-11-16-8-12-4-2-3-5-17(12)21(16)18(20)22/h2-5,8,13-15H,6-7,9-11H2,1H3. The zero-order valence-electron chi connectivity index (χ0n) is 12.9. The van der Waals surface area contributed by atoms with Gasteiger partial charge >= 0.3 is 6.03 Å². The van der Waals surface area contributed by atoms with Gasteiger partial charge in [-0.15, -0.1) is 0 Å². The van der Waals surface area contributed by atoms with Gasteiger partial charge in [-0.1, -0.05) is 18.2 Å². The number of aromatic nitrogens is 1. The van der Waals surface area contributed by atoms with Crippen LogP contribution in [0.2, 0.25) is 0 Å². The number of para-hydroxylation sites is 1. The molecule has 1 aromatic heterocycles. The summed E-state index contributed by atoms with van der Waals surface area (Å²) in [4.78, 5) is 17.6. The van der Waals surface area contributed by atoms with Gasteiger partial charge in [0.1, 0.15) is 0 Å². The van der Waals surface area contributed by atoms with Gasteiger partial charge in [-0.3, -0.25) is 4.57 Å². The summed E-state index contributed by atoms with van der Waals surface area (Å²) in [7, 11) is 2.25. The fourth-order valence-electron chi connectivity index (χ4n) is 4.85. The highest BCUT2D eigenvalue weighted by Crippen LogP contribution is 2.38. The second kappa shape index (κ2) is 4.35. The normalized spacial score (nSPS) is 31.2. The lowest BCUT2D eigenvalue weighted by Gasteiger charge is -2.40. The number of carbonyl (C=O) groups excluding carboxylic acids is 1. The molecule has 2 aromatic rings. The Hall–Kier alpha value is -1.81. The second-order valence-electron chi connectivity index (χ2n) is 7.12. The van der Waals surface area contributed by atoms with Crippen molar-refractivity contribution >= 4 is 16.9 Å². The number of benzene rings is 1. The molecule has 3 aliphatic rings. The van der Waals surface area contributed by atoms with Crippen LogP contribution in [0.4, 0.5) is 4.79 Å². The van der Waals surface area contributed by atoms with Gasteiger partial charge in [0.15, 0.2) is 0 Å². The SMILES string of the molecule is CN1C2CCC1CC(N1Cc3cc4ccccc4n3C1=O)C2. The van der Waals surface area contributed by atoms with Crippen molar-refractivity contribution in [3.8, 4) is 0 Å². The van der Waals surface area contributed by atoms with E-state index in [2.05, 4.69) is 35.0 Å². The minimum absolute atomic E-state index is 0.185. The number of hydrogen-bond donors (Lipinski definition) is 0. The summed E-state index contributed by atoms with van der Waals surface area (Å²) in [5, 5.41) is 1.17. The lowest BCUT2D eigenvalue weighted by molar-refractivity contribution is 0.0944. The third kappa shape index (κ3) is 1.59. The Kier molecular flexibility index (Phi) is 2.51. The van der Waals surface area contributed by atoms with Crippen molar-refractivity contribution in [2.45, 2.75) is 50.4 Å². The summed E-state index contributed by atoms with van der Waals surface area (Å²) < 4.78 is 1.93. The van der Waals surface area contributed by atoms with Gasteiger partial charge in [0.05, 0.1) is 12.1 Å². The Morgan fingerprint density at radius 1 is 1.05 bits per heavy atom. The van der Waals surface area contributed by atoms with Gasteiger partial charge in [-0.2, -0.15) is 0 Å². The number of fused-ring (bicyclic) bond motifs is 5. The molecule has 114 valence electrons. The molecule has 22 heavy (non-hydrogen) atoms. The predicted octanol–water partition coefficient (Wildman–Crippen LogP) is 3.05. The van der Waals surface area contributed by atoms with E-state index in [-0.39, 0.29) is 6.03 Å². The van der Waals surface area contributed by atoms with Crippen LogP contribution in [0.25, 0.3) is 10.9 Å². The smallest absolute Gasteiger partial charge is 0.315 e. The molecule has 4 heterocycles. The molecule has 5 rings (SSSR count). The topological polar surface area (TPSA) is 28.5 Å². The van der Waals surface area contributed by atoms with E-state index in [0.717, 1.165) is 30.6 Å². The number of nitrogens with zero attached hydrogens (tertiary/aromatic N) is 3. The van der Waals surface area contributed by atoms with Crippen molar-refractivity contribution in [1.82, 2.24) is 14.4 Å². The fourth-order valence-corrected chi connectivity index (χ4v) is 4.85. The molecule has 3 aliphatic heterocycles. The number of amides is 1. The number of piperidine rings is 1. The molecule has 0 aliphatic carbocycles. The van der Waals surface area contributed by atoms with Crippen LogP contribution >= 0.6 is 0 Å². The summed E-state index contributed by atoms with van der Waals surface area (Å²) in [5.41, 5.74) is 2.21. The largest absolute Gasteiger partial charge is 0.329 e. The molecule has 1 aromatic carbocycles. The van der Waals surface area contributed by atoms with Crippen LogP contribution in [0.5, 0.6) is 0 Å². The molecular formula is C18H21N3O. The average molecular weight is 295 g/mol. The Balaban J connectivity index is 1.48. The first kappa shape index (κ1) is 12.7. The van der Waals surface area contributed by atoms with Crippen molar-refractivity contribution < 1.29 is 4.79 Å². The molecule has 2 atom stereocenters. The predicted molar refractivity (Wildman–Crippen MR) is 85.9 cm³/mol. The molecule has 2 unspecified atom stereocenters. The first-order valence-corrected chi connectivity index (χ1v) is 8.34. The van der Waals surface area contributed by atoms with Gasteiger partial charge < -0.3 is 9.80 Å². The van der Waals surface area contributed by atoms with E-state index in [1.54, 1.807) is 0 Å². The van der Waals surface area contributed by atoms with E-state index in [9.17, 15) is 4.79 Å². The molecule has 1 amide bonds. The van der Waals surface area contributed by atoms with Crippen molar-refractivity contribution in [3.05, 3.63) is 36.0 Å². The maximum absolute atomic E-state index is 13.0. The van der Waals surface area contributed by atoms with E-state index in [1.807, 2.05) is 16.7 Å². The van der Waals surface area contributed by atoms with Crippen LogP contribution in [0.15, 0.2) is 30.3 Å². The minimum atomic E-state index is 0.185. The van der Waals surface area contributed by atoms with Gasteiger partial charge in [0, 0.05) is 29.2 Å². The number of rotatable bonds is 1. The molecule has 0 radical (unpaired) electrons. The van der Waals surface area contributed by atoms with Crippen LogP contribution in [-0.2, 0) is 6.54 Å². The van der Waals surface area contributed by atoms with Crippen LogP contribution in [-0.4, -0.2) is 45.6 Å². The molecule has 4 nitrogen and oxygen atoms in total. The number of hydrogen-bond acceptors (Lipinski definition) is 2. The summed E-state index contributed by atoms with van der Waals surface area (Å²) in [6.45, 7) is 0.779. The average Bonchev–Trinajstić information content (AvgIpc) is 3.08. The Labute approximate surface area is 130 Å². The molecule has 2 fully saturated rings. The minimum Gasteiger partial charge on any atom is -0.315 e. The van der Waals surface area contributed by atoms with E-state index >= 15 is 0 Å². The van der Waals surface area contributed by atoms with E-state index in [0.29, 0.717) is 18.1 Å². The Morgan fingerprint density at radius 2 is 1.77 bits per heavy atom. The molecule has 4 heteroatoms. The Morgan fingerprint density at radius 3 is 2.55 bits per heavy atom. The second-order valence-corrected chi connectivity index (χ2v) is 7.12. The maximum Gasteiger partial charge on any atom is 0.329 e. The zero-order valence-corrected chi connectivity index (χ0v) is 12.9. The van der Waals surface area contributed by atoms with Gasteiger partial charge in [0.2, 0.25) is 0 Å². The summed E-state index contributed by atoms with van der Waals surface area (Å²) in [6, 6.07) is 12.3. The monoisotopic (exact) mass is 295 g/mol. The first-order chi connectivity index (χ1) is 10.7. The van der Waals surface area contributed by atoms with Gasteiger partial charge in [0.25, 0.3) is 0 Å². The van der Waals surface area contributed by atoms with Gasteiger partial charge in [-0.05, 0) is 44.9 Å². The van der Waals surface area contributed by atoms with Gasteiger partial charge in [-0.25, -0.2) is 4.79 Å². The van der Waals surface area contributed by atoms with Crippen molar-refractivity contribution in [2.24, 2.45) is 0 Å². The highest BCUT2D eigenvalue weighted by Gasteiger charge is 2.43. The van der Waals surface area contributed by atoms with Crippen LogP contribution in [0, 0.1) is 0 Å². The highest BCUT2D eigenvalue weighted by molar-refractivity contribution is 5.95. The fraction of sp³-hybridized carbons (Fsp3) is 0.500. The van der Waals surface area contributed by atoms with E-state index in [1.165, 1.54) is 18.2 Å². The molecule has 0 saturated carbocycles. The summed E-state index contributed by atoms with van der Waals surface area (Å²) >= 11 is 0. The number of carbonyl (C=O) groups is 1. The molecule has 0 spiro atoms. The van der Waals surface area contributed by atoms with Crippen LogP contribution in [0.1, 0.15) is 31.4 Å². The summed E-state index contributed by atoms with van der Waals surface area (Å²) in [6.07, 6.45) is 4.88. The molecule has 2 bridgehead atoms. The maximum atomic E-state index is 13.0. The van der Waals surface area contributed by atoms with Crippen LogP contribution in [0.3, 0.4) is 0 Å². The zero-order chi connectivity index (χ0) is 14.8. The van der Waals surface area contributed by atoms with E-state index in [4.69, 9.17) is 0 Å². The molecular weight excluding hydrogens is 274 g/mol.